The molecule has 2 nitrogen and oxygen atoms in total. The van der Waals surface area contributed by atoms with Gasteiger partial charge in [0.2, 0.25) is 0 Å². The molecule has 0 saturated carbocycles. The van der Waals surface area contributed by atoms with E-state index in [9.17, 15) is 9.90 Å². The molecule has 2 aromatic carbocycles. The van der Waals surface area contributed by atoms with Gasteiger partial charge < -0.3 is 5.11 Å². The molecule has 0 atom stereocenters. The van der Waals surface area contributed by atoms with Crippen LogP contribution in [0.3, 0.4) is 0 Å². The topological polar surface area (TPSA) is 37.3 Å². The van der Waals surface area contributed by atoms with Gasteiger partial charge in [0.1, 0.15) is 5.75 Å². The van der Waals surface area contributed by atoms with Crippen LogP contribution in [0.25, 0.3) is 6.08 Å². The molecule has 0 amide bonds. The highest BCUT2D eigenvalue weighted by Crippen LogP contribution is 2.16. The third-order valence-electron chi connectivity index (χ3n) is 2.09. The Morgan fingerprint density at radius 3 is 2.59 bits per heavy atom. The Morgan fingerprint density at radius 1 is 1.18 bits per heavy atom. The molecule has 0 fully saturated rings. The predicted molar refractivity (Wildman–Crippen MR) is 67.9 cm³/mol. The fraction of sp³-hybridized carbons (Fsp3) is 0. The van der Waals surface area contributed by atoms with E-state index in [4.69, 9.17) is 6.85 Å². The molecule has 0 aliphatic rings. The molecule has 0 aliphatic carbocycles. The number of carbonyl (C=O) groups excluding carboxylic acids is 1. The summed E-state index contributed by atoms with van der Waals surface area (Å²) in [6.45, 7) is 0. The van der Waals surface area contributed by atoms with Gasteiger partial charge >= 0.3 is 0 Å². The molecule has 2 aromatic rings. The number of phenolic OH excluding ortho intramolecular Hbond substituents is 1. The summed E-state index contributed by atoms with van der Waals surface area (Å²) in [4.78, 5) is 12.0. The Hall–Kier alpha value is -2.35. The molecular formula is C15H12O2. The molecule has 0 spiro atoms. The molecule has 0 aliphatic heterocycles. The zero-order chi connectivity index (χ0) is 16.4. The number of benzene rings is 2. The average molecular weight is 229 g/mol. The van der Waals surface area contributed by atoms with Gasteiger partial charge in [0.15, 0.2) is 5.78 Å². The number of hydrogen-bond acceptors (Lipinski definition) is 2. The molecule has 84 valence electrons. The van der Waals surface area contributed by atoms with E-state index < -0.39 is 23.9 Å². The third kappa shape index (κ3) is 2.82. The second-order valence-electron chi connectivity index (χ2n) is 3.25. The largest absolute Gasteiger partial charge is 0.507 e. The summed E-state index contributed by atoms with van der Waals surface area (Å²) < 4.78 is 38.1. The number of hydrogen-bond donors (Lipinski definition) is 1. The van der Waals surface area contributed by atoms with E-state index in [2.05, 4.69) is 0 Å². The van der Waals surface area contributed by atoms with Crippen molar-refractivity contribution in [2.24, 2.45) is 0 Å². The molecule has 17 heavy (non-hydrogen) atoms. The quantitative estimate of drug-likeness (QED) is 0.647. The summed E-state index contributed by atoms with van der Waals surface area (Å²) in [5.74, 6) is -0.705. The normalized spacial score (nSPS) is 14.7. The summed E-state index contributed by atoms with van der Waals surface area (Å²) in [6, 6.07) is 3.79. The highest BCUT2D eigenvalue weighted by molar-refractivity contribution is 6.08. The maximum atomic E-state index is 12.0. The van der Waals surface area contributed by atoms with E-state index in [-0.39, 0.29) is 29.0 Å². The van der Waals surface area contributed by atoms with Gasteiger partial charge in [-0.3, -0.25) is 4.79 Å². The SMILES string of the molecule is [2H]c1c([2H])c([2H])c(/C=C/C(=O)c2ccccc2O)c([2H])c1[2H]. The summed E-state index contributed by atoms with van der Waals surface area (Å²) >= 11 is 0. The molecule has 0 heterocycles. The average Bonchev–Trinajstić information content (AvgIpc) is 2.51. The number of carbonyl (C=O) groups is 1. The van der Waals surface area contributed by atoms with E-state index in [0.717, 1.165) is 12.2 Å². The first-order valence-electron chi connectivity index (χ1n) is 7.42. The van der Waals surface area contributed by atoms with Crippen molar-refractivity contribution in [2.75, 3.05) is 0 Å². The van der Waals surface area contributed by atoms with Crippen LogP contribution in [-0.4, -0.2) is 10.9 Å². The van der Waals surface area contributed by atoms with Crippen LogP contribution >= 0.6 is 0 Å². The molecule has 0 radical (unpaired) electrons. The van der Waals surface area contributed by atoms with Gasteiger partial charge in [-0.2, -0.15) is 0 Å². The minimum atomic E-state index is -0.523. The molecular weight excluding hydrogens is 212 g/mol. The van der Waals surface area contributed by atoms with E-state index in [1.54, 1.807) is 12.1 Å². The fourth-order valence-corrected chi connectivity index (χ4v) is 1.27. The molecule has 2 heteroatoms. The molecule has 0 bridgehead atoms. The van der Waals surface area contributed by atoms with Gasteiger partial charge in [0.05, 0.1) is 12.4 Å². The van der Waals surface area contributed by atoms with Gasteiger partial charge in [0, 0.05) is 0 Å². The first-order valence-corrected chi connectivity index (χ1v) is 4.92. The van der Waals surface area contributed by atoms with Gasteiger partial charge in [0.25, 0.3) is 0 Å². The van der Waals surface area contributed by atoms with Crippen molar-refractivity contribution in [3.8, 4) is 5.75 Å². The van der Waals surface area contributed by atoms with Crippen molar-refractivity contribution < 1.29 is 16.8 Å². The second-order valence-corrected chi connectivity index (χ2v) is 3.25. The van der Waals surface area contributed by atoms with Crippen molar-refractivity contribution in [3.63, 3.8) is 0 Å². The number of para-hydroxylation sites is 1. The van der Waals surface area contributed by atoms with E-state index in [0.29, 0.717) is 0 Å². The number of allylic oxidation sites excluding steroid dienone is 1. The number of ketones is 1. The maximum Gasteiger partial charge on any atom is 0.189 e. The van der Waals surface area contributed by atoms with Crippen molar-refractivity contribution >= 4 is 11.9 Å². The summed E-state index contributed by atoms with van der Waals surface area (Å²) in [7, 11) is 0. The minimum absolute atomic E-state index is 0.0743. The first-order chi connectivity index (χ1) is 10.3. The Labute approximate surface area is 107 Å². The van der Waals surface area contributed by atoms with Gasteiger partial charge in [-0.15, -0.1) is 0 Å². The van der Waals surface area contributed by atoms with Crippen LogP contribution in [0.1, 0.15) is 22.8 Å². The van der Waals surface area contributed by atoms with Crippen molar-refractivity contribution in [3.05, 3.63) is 71.7 Å². The standard InChI is InChI=1S/C15H12O2/c16-14-9-5-4-8-13(14)15(17)11-10-12-6-2-1-3-7-12/h1-11,16H/b11-10+/i1D,2D,3D,6D,7D. The van der Waals surface area contributed by atoms with E-state index in [1.807, 2.05) is 0 Å². The van der Waals surface area contributed by atoms with Crippen molar-refractivity contribution in [2.45, 2.75) is 0 Å². The monoisotopic (exact) mass is 229 g/mol. The van der Waals surface area contributed by atoms with Crippen molar-refractivity contribution in [1.82, 2.24) is 0 Å². The molecule has 0 aromatic heterocycles. The summed E-state index contributed by atoms with van der Waals surface area (Å²) in [5, 5.41) is 9.60. The summed E-state index contributed by atoms with van der Waals surface area (Å²) in [5.41, 5.74) is 0.000822. The predicted octanol–water partition coefficient (Wildman–Crippen LogP) is 3.29. The smallest absolute Gasteiger partial charge is 0.189 e. The Bertz CT molecular complexity index is 755. The number of rotatable bonds is 3. The number of aromatic hydroxyl groups is 1. The molecule has 1 N–H and O–H groups in total. The lowest BCUT2D eigenvalue weighted by Gasteiger charge is -1.98. The minimum Gasteiger partial charge on any atom is -0.507 e. The highest BCUT2D eigenvalue weighted by Gasteiger charge is 2.05. The maximum absolute atomic E-state index is 12.0. The van der Waals surface area contributed by atoms with Crippen LogP contribution in [0.2, 0.25) is 0 Å². The Balaban J connectivity index is 2.44. The fourth-order valence-electron chi connectivity index (χ4n) is 1.27. The Morgan fingerprint density at radius 2 is 1.88 bits per heavy atom. The van der Waals surface area contributed by atoms with Gasteiger partial charge in [-0.25, -0.2) is 0 Å². The zero-order valence-electron chi connectivity index (χ0n) is 13.8. The van der Waals surface area contributed by atoms with Gasteiger partial charge in [-0.05, 0) is 23.8 Å². The molecule has 0 unspecified atom stereocenters. The molecule has 2 rings (SSSR count). The van der Waals surface area contributed by atoms with Crippen LogP contribution in [-0.2, 0) is 0 Å². The lowest BCUT2D eigenvalue weighted by Crippen LogP contribution is -1.93. The highest BCUT2D eigenvalue weighted by atomic mass is 16.3. The van der Waals surface area contributed by atoms with E-state index >= 15 is 0 Å². The first kappa shape index (κ1) is 6.40. The lowest BCUT2D eigenvalue weighted by atomic mass is 10.1. The molecule has 0 saturated heterocycles. The second kappa shape index (κ2) is 5.12. The number of phenols is 1. The van der Waals surface area contributed by atoms with Crippen molar-refractivity contribution in [1.29, 1.82) is 0 Å². The third-order valence-corrected chi connectivity index (χ3v) is 2.09. The van der Waals surface area contributed by atoms with Gasteiger partial charge in [-0.1, -0.05) is 48.4 Å². The van der Waals surface area contributed by atoms with Crippen LogP contribution in [0.5, 0.6) is 5.75 Å². The van der Waals surface area contributed by atoms with Crippen LogP contribution < -0.4 is 0 Å². The van der Waals surface area contributed by atoms with Crippen LogP contribution in [0.15, 0.2) is 60.6 Å². The lowest BCUT2D eigenvalue weighted by molar-refractivity contribution is 0.104. The van der Waals surface area contributed by atoms with E-state index in [1.165, 1.54) is 12.1 Å². The van der Waals surface area contributed by atoms with Crippen LogP contribution in [0.4, 0.5) is 0 Å². The van der Waals surface area contributed by atoms with Crippen LogP contribution in [0, 0.1) is 0 Å². The summed E-state index contributed by atoms with van der Waals surface area (Å²) in [6.07, 6.45) is 2.23. The Kier molecular flexibility index (Phi) is 1.93. The zero-order valence-corrected chi connectivity index (χ0v) is 8.82.